The van der Waals surface area contributed by atoms with Crippen molar-refractivity contribution < 1.29 is 0 Å². The number of hydrogen-bond acceptors (Lipinski definition) is 2. The van der Waals surface area contributed by atoms with Crippen molar-refractivity contribution in [2.75, 3.05) is 0 Å². The number of amidine groups is 1. The Morgan fingerprint density at radius 1 is 0.414 bits per heavy atom. The molecule has 0 spiro atoms. The molecule has 10 rings (SSSR count). The third kappa shape index (κ3) is 6.52. The molecule has 0 aliphatic heterocycles. The Morgan fingerprint density at radius 3 is 1.69 bits per heavy atom. The summed E-state index contributed by atoms with van der Waals surface area (Å²) in [6.07, 6.45) is 3.74. The summed E-state index contributed by atoms with van der Waals surface area (Å²) in [5.41, 5.74) is 9.51. The lowest BCUT2D eigenvalue weighted by molar-refractivity contribution is 1.44. The fraction of sp³-hybridized carbons (Fsp3) is 0.0182. The lowest BCUT2D eigenvalue weighted by Gasteiger charge is -2.14. The smallest absolute Gasteiger partial charge is 0.160 e. The first-order valence-electron chi connectivity index (χ1n) is 19.6. The summed E-state index contributed by atoms with van der Waals surface area (Å²) in [6, 6.07) is 67.4. The summed E-state index contributed by atoms with van der Waals surface area (Å²) in [6.45, 7) is 6.05. The van der Waals surface area contributed by atoms with Gasteiger partial charge in [0.25, 0.3) is 0 Å². The third-order valence-electron chi connectivity index (χ3n) is 11.0. The van der Waals surface area contributed by atoms with Gasteiger partial charge >= 0.3 is 0 Å². The Morgan fingerprint density at radius 2 is 0.948 bits per heavy atom. The average Bonchev–Trinajstić information content (AvgIpc) is 3.67. The normalized spacial score (nSPS) is 12.6. The van der Waals surface area contributed by atoms with E-state index in [4.69, 9.17) is 9.98 Å². The van der Waals surface area contributed by atoms with Crippen LogP contribution >= 0.6 is 11.3 Å². The molecule has 0 saturated heterocycles. The van der Waals surface area contributed by atoms with Gasteiger partial charge in [0.2, 0.25) is 0 Å². The second-order valence-corrected chi connectivity index (χ2v) is 15.7. The summed E-state index contributed by atoms with van der Waals surface area (Å²) in [7, 11) is 0. The van der Waals surface area contributed by atoms with Crippen LogP contribution < -0.4 is 0 Å². The number of aliphatic imine (C=N–C) groups is 2. The summed E-state index contributed by atoms with van der Waals surface area (Å²) in [5.74, 6) is 0.642. The van der Waals surface area contributed by atoms with Crippen molar-refractivity contribution in [3.63, 3.8) is 0 Å². The van der Waals surface area contributed by atoms with E-state index in [1.807, 2.05) is 60.7 Å². The Hall–Kier alpha value is -7.20. The fourth-order valence-electron chi connectivity index (χ4n) is 8.15. The van der Waals surface area contributed by atoms with Gasteiger partial charge in [-0.15, -0.1) is 11.3 Å². The van der Waals surface area contributed by atoms with Crippen molar-refractivity contribution in [1.82, 2.24) is 0 Å². The molecule has 0 amide bonds. The van der Waals surface area contributed by atoms with Crippen LogP contribution in [-0.2, 0) is 0 Å². The van der Waals surface area contributed by atoms with Crippen LogP contribution in [0.3, 0.4) is 0 Å². The molecule has 0 bridgehead atoms. The molecule has 274 valence electrons. The molecular formula is C55H38N2S. The molecule has 0 unspecified atom stereocenters. The summed E-state index contributed by atoms with van der Waals surface area (Å²) in [5, 5.41) is 9.87. The van der Waals surface area contributed by atoms with Gasteiger partial charge in [0, 0.05) is 37.0 Å². The zero-order valence-electron chi connectivity index (χ0n) is 32.1. The molecule has 0 radical (unpaired) electrons. The minimum absolute atomic E-state index is 0.642. The summed E-state index contributed by atoms with van der Waals surface area (Å²) < 4.78 is 2.64. The van der Waals surface area contributed by atoms with E-state index < -0.39 is 0 Å². The topological polar surface area (TPSA) is 24.7 Å². The highest BCUT2D eigenvalue weighted by molar-refractivity contribution is 7.25. The van der Waals surface area contributed by atoms with E-state index in [2.05, 4.69) is 158 Å². The van der Waals surface area contributed by atoms with Gasteiger partial charge in [-0.05, 0) is 103 Å². The average molecular weight is 759 g/mol. The predicted molar refractivity (Wildman–Crippen MR) is 253 cm³/mol. The molecule has 3 heteroatoms. The van der Waals surface area contributed by atoms with E-state index in [-0.39, 0.29) is 0 Å². The maximum atomic E-state index is 5.26. The van der Waals surface area contributed by atoms with Gasteiger partial charge in [0.1, 0.15) is 0 Å². The van der Waals surface area contributed by atoms with Gasteiger partial charge in [0.15, 0.2) is 5.84 Å². The van der Waals surface area contributed by atoms with E-state index >= 15 is 0 Å². The molecule has 0 N–H and O–H groups in total. The standard InChI is InChI=1S/C55H38N2S/c1-3-15-52(38-18-8-5-9-19-38)57-55(56-36(2)37-16-6-4-7-17-37)43-28-30-46-44-22-10-11-23-45(44)50-33-41(26-29-47(50)51(46)34-43)39-20-14-21-40(32-39)42-27-31-49-48-24-12-13-25-53(48)58-54(49)35-42/h3-35H,1H2,2H3/b52-15+,56-36?,57-55?. The van der Waals surface area contributed by atoms with Crippen LogP contribution in [-0.4, -0.2) is 11.5 Å². The molecule has 9 aromatic carbocycles. The molecule has 0 atom stereocenters. The lowest BCUT2D eigenvalue weighted by atomic mass is 9.90. The van der Waals surface area contributed by atoms with Crippen molar-refractivity contribution in [1.29, 1.82) is 0 Å². The summed E-state index contributed by atoms with van der Waals surface area (Å²) in [4.78, 5) is 10.5. The lowest BCUT2D eigenvalue weighted by Crippen LogP contribution is -2.04. The molecule has 1 aromatic heterocycles. The highest BCUT2D eigenvalue weighted by atomic mass is 32.1. The predicted octanol–water partition coefficient (Wildman–Crippen LogP) is 15.3. The van der Waals surface area contributed by atoms with Crippen LogP contribution in [0, 0.1) is 0 Å². The first kappa shape index (κ1) is 35.2. The molecule has 0 saturated carbocycles. The van der Waals surface area contributed by atoms with E-state index in [0.29, 0.717) is 5.84 Å². The van der Waals surface area contributed by atoms with Crippen LogP contribution in [0.5, 0.6) is 0 Å². The van der Waals surface area contributed by atoms with Gasteiger partial charge in [-0.25, -0.2) is 9.98 Å². The molecule has 10 aromatic rings. The van der Waals surface area contributed by atoms with Gasteiger partial charge in [-0.1, -0.05) is 170 Å². The number of fused-ring (bicyclic) bond motifs is 9. The highest BCUT2D eigenvalue weighted by Crippen LogP contribution is 2.40. The van der Waals surface area contributed by atoms with Gasteiger partial charge in [0.05, 0.1) is 5.70 Å². The van der Waals surface area contributed by atoms with Crippen molar-refractivity contribution in [2.24, 2.45) is 9.98 Å². The first-order chi connectivity index (χ1) is 28.6. The minimum atomic E-state index is 0.642. The molecule has 0 fully saturated rings. The van der Waals surface area contributed by atoms with Crippen LogP contribution in [0.1, 0.15) is 23.6 Å². The Balaban J connectivity index is 1.12. The second-order valence-electron chi connectivity index (χ2n) is 14.6. The van der Waals surface area contributed by atoms with Gasteiger partial charge in [-0.3, -0.25) is 0 Å². The zero-order valence-corrected chi connectivity index (χ0v) is 32.9. The highest BCUT2D eigenvalue weighted by Gasteiger charge is 2.15. The quantitative estimate of drug-likeness (QED) is 0.0669. The number of hydrogen-bond donors (Lipinski definition) is 0. The van der Waals surface area contributed by atoms with E-state index in [1.54, 1.807) is 6.08 Å². The molecular weight excluding hydrogens is 721 g/mol. The van der Waals surface area contributed by atoms with E-state index in [1.165, 1.54) is 69.4 Å². The van der Waals surface area contributed by atoms with E-state index in [9.17, 15) is 0 Å². The Bertz CT molecular complexity index is 3290. The number of rotatable bonds is 7. The SMILES string of the molecule is C=C/C=C(/N=C(N=C(C)c1ccccc1)c1ccc2c3ccccc3c3cc(-c4cccc(-c5ccc6c(c5)sc5ccccc56)c4)ccc3c2c1)c1ccccc1. The monoisotopic (exact) mass is 758 g/mol. The first-order valence-corrected chi connectivity index (χ1v) is 20.4. The third-order valence-corrected chi connectivity index (χ3v) is 12.2. The van der Waals surface area contributed by atoms with E-state index in [0.717, 1.165) is 33.5 Å². The summed E-state index contributed by atoms with van der Waals surface area (Å²) >= 11 is 1.86. The number of allylic oxidation sites excluding steroid dienone is 2. The van der Waals surface area contributed by atoms with Crippen molar-refractivity contribution in [2.45, 2.75) is 6.92 Å². The van der Waals surface area contributed by atoms with Crippen LogP contribution in [0.25, 0.3) is 80.4 Å². The maximum absolute atomic E-state index is 5.26. The number of thiophene rings is 1. The van der Waals surface area contributed by atoms with Crippen LogP contribution in [0.4, 0.5) is 0 Å². The van der Waals surface area contributed by atoms with Crippen molar-refractivity contribution in [3.05, 3.63) is 223 Å². The molecule has 0 aliphatic carbocycles. The molecule has 1 heterocycles. The van der Waals surface area contributed by atoms with Crippen LogP contribution in [0.2, 0.25) is 0 Å². The zero-order chi connectivity index (χ0) is 39.0. The number of benzene rings is 9. The second kappa shape index (κ2) is 15.0. The largest absolute Gasteiger partial charge is 0.233 e. The van der Waals surface area contributed by atoms with Crippen LogP contribution in [0.15, 0.2) is 217 Å². The van der Waals surface area contributed by atoms with Gasteiger partial charge in [-0.2, -0.15) is 0 Å². The molecule has 58 heavy (non-hydrogen) atoms. The fourth-order valence-corrected chi connectivity index (χ4v) is 9.29. The van der Waals surface area contributed by atoms with Crippen molar-refractivity contribution >= 4 is 81.1 Å². The molecule has 2 nitrogen and oxygen atoms in total. The Kier molecular flexibility index (Phi) is 9.14. The van der Waals surface area contributed by atoms with Gasteiger partial charge < -0.3 is 0 Å². The number of nitrogens with zero attached hydrogens (tertiary/aromatic N) is 2. The minimum Gasteiger partial charge on any atom is -0.233 e. The van der Waals surface area contributed by atoms with Crippen molar-refractivity contribution in [3.8, 4) is 22.3 Å². The Labute approximate surface area is 342 Å². The maximum Gasteiger partial charge on any atom is 0.160 e. The molecule has 0 aliphatic rings.